The number of benzene rings is 2. The molecule has 1 aliphatic rings. The molecule has 0 atom stereocenters. The van der Waals surface area contributed by atoms with Crippen LogP contribution >= 0.6 is 11.8 Å². The minimum atomic E-state index is 0.166. The van der Waals surface area contributed by atoms with E-state index in [1.807, 2.05) is 41.6 Å². The van der Waals surface area contributed by atoms with Gasteiger partial charge in [0.1, 0.15) is 0 Å². The molecule has 0 bridgehead atoms. The zero-order valence-electron chi connectivity index (χ0n) is 16.4. The Kier molecular flexibility index (Phi) is 6.47. The van der Waals surface area contributed by atoms with Crippen LogP contribution in [0.3, 0.4) is 0 Å². The van der Waals surface area contributed by atoms with Crippen LogP contribution in [0.25, 0.3) is 0 Å². The second kappa shape index (κ2) is 9.61. The van der Waals surface area contributed by atoms with Crippen LogP contribution in [0.1, 0.15) is 16.4 Å². The molecule has 1 aromatic heterocycles. The lowest BCUT2D eigenvalue weighted by Gasteiger charge is -2.36. The third-order valence-electron chi connectivity index (χ3n) is 5.24. The molecule has 0 saturated carbocycles. The van der Waals surface area contributed by atoms with Gasteiger partial charge in [-0.2, -0.15) is 0 Å². The summed E-state index contributed by atoms with van der Waals surface area (Å²) < 4.78 is 0. The molecule has 1 aliphatic heterocycles. The molecule has 0 radical (unpaired) electrons. The first-order valence-electron chi connectivity index (χ1n) is 9.95. The fourth-order valence-electron chi connectivity index (χ4n) is 3.66. The number of amides is 1. The van der Waals surface area contributed by atoms with Crippen molar-refractivity contribution in [2.45, 2.75) is 5.25 Å². The van der Waals surface area contributed by atoms with Gasteiger partial charge < -0.3 is 9.80 Å². The van der Waals surface area contributed by atoms with E-state index in [-0.39, 0.29) is 11.2 Å². The maximum absolute atomic E-state index is 12.9. The van der Waals surface area contributed by atoms with Gasteiger partial charge in [0, 0.05) is 44.3 Å². The first-order chi connectivity index (χ1) is 14.3. The van der Waals surface area contributed by atoms with E-state index >= 15 is 0 Å². The highest BCUT2D eigenvalue weighted by molar-refractivity contribution is 8.00. The summed E-state index contributed by atoms with van der Waals surface area (Å²) in [5.41, 5.74) is 3.65. The topological polar surface area (TPSA) is 36.4 Å². The largest absolute Gasteiger partial charge is 0.368 e. The number of piperazine rings is 1. The Morgan fingerprint density at radius 2 is 1.38 bits per heavy atom. The van der Waals surface area contributed by atoms with Gasteiger partial charge in [0.25, 0.3) is 0 Å². The van der Waals surface area contributed by atoms with Crippen LogP contribution in [-0.2, 0) is 4.79 Å². The van der Waals surface area contributed by atoms with Gasteiger partial charge in [-0.3, -0.25) is 9.78 Å². The molecule has 2 aromatic carbocycles. The van der Waals surface area contributed by atoms with Crippen molar-refractivity contribution in [2.24, 2.45) is 0 Å². The fourth-order valence-corrected chi connectivity index (χ4v) is 4.85. The molecule has 1 fully saturated rings. The standard InChI is InChI=1S/C24H25N3OS/c28-23(27-17-15-26(16-18-27)22-11-13-25-14-12-22)19-29-24(20-7-3-1-4-8-20)21-9-5-2-6-10-21/h1-14,24H,15-19H2. The van der Waals surface area contributed by atoms with Crippen LogP contribution in [0.4, 0.5) is 5.69 Å². The average molecular weight is 404 g/mol. The predicted molar refractivity (Wildman–Crippen MR) is 120 cm³/mol. The Labute approximate surface area is 176 Å². The second-order valence-electron chi connectivity index (χ2n) is 7.09. The Morgan fingerprint density at radius 1 is 0.828 bits per heavy atom. The van der Waals surface area contributed by atoms with E-state index in [2.05, 4.69) is 58.4 Å². The predicted octanol–water partition coefficient (Wildman–Crippen LogP) is 4.25. The first-order valence-corrected chi connectivity index (χ1v) is 11.0. The molecule has 5 heteroatoms. The molecule has 0 N–H and O–H groups in total. The summed E-state index contributed by atoms with van der Waals surface area (Å²) in [5, 5.41) is 0.166. The van der Waals surface area contributed by atoms with Crippen LogP contribution in [-0.4, -0.2) is 47.7 Å². The van der Waals surface area contributed by atoms with E-state index in [9.17, 15) is 4.79 Å². The van der Waals surface area contributed by atoms with Crippen LogP contribution in [0.15, 0.2) is 85.2 Å². The van der Waals surface area contributed by atoms with Crippen molar-refractivity contribution in [2.75, 3.05) is 36.8 Å². The van der Waals surface area contributed by atoms with Gasteiger partial charge in [-0.25, -0.2) is 0 Å². The lowest BCUT2D eigenvalue weighted by Crippen LogP contribution is -2.49. The van der Waals surface area contributed by atoms with Gasteiger partial charge >= 0.3 is 0 Å². The molecule has 3 aromatic rings. The zero-order chi connectivity index (χ0) is 19.9. The molecule has 0 spiro atoms. The molecule has 1 amide bonds. The Morgan fingerprint density at radius 3 is 1.93 bits per heavy atom. The van der Waals surface area contributed by atoms with Gasteiger partial charge in [0.15, 0.2) is 0 Å². The number of anilines is 1. The smallest absolute Gasteiger partial charge is 0.232 e. The van der Waals surface area contributed by atoms with Crippen molar-refractivity contribution >= 4 is 23.4 Å². The second-order valence-corrected chi connectivity index (χ2v) is 8.18. The number of carbonyl (C=O) groups excluding carboxylic acids is 1. The lowest BCUT2D eigenvalue weighted by molar-refractivity contribution is -0.128. The summed E-state index contributed by atoms with van der Waals surface area (Å²) in [6.45, 7) is 3.26. The van der Waals surface area contributed by atoms with Crippen LogP contribution < -0.4 is 4.90 Å². The average Bonchev–Trinajstić information content (AvgIpc) is 2.81. The number of carbonyl (C=O) groups is 1. The van der Waals surface area contributed by atoms with Gasteiger partial charge in [-0.15, -0.1) is 11.8 Å². The van der Waals surface area contributed by atoms with Crippen molar-refractivity contribution in [3.05, 3.63) is 96.3 Å². The van der Waals surface area contributed by atoms with Crippen LogP contribution in [0.5, 0.6) is 0 Å². The van der Waals surface area contributed by atoms with E-state index in [1.165, 1.54) is 16.8 Å². The van der Waals surface area contributed by atoms with Crippen molar-refractivity contribution in [3.8, 4) is 0 Å². The van der Waals surface area contributed by atoms with Crippen molar-refractivity contribution in [1.82, 2.24) is 9.88 Å². The Bertz CT molecular complexity index is 858. The summed E-state index contributed by atoms with van der Waals surface area (Å²) in [4.78, 5) is 21.3. The Hall–Kier alpha value is -2.79. The summed E-state index contributed by atoms with van der Waals surface area (Å²) in [5.74, 6) is 0.713. The van der Waals surface area contributed by atoms with E-state index in [0.717, 1.165) is 26.2 Å². The number of nitrogens with zero attached hydrogens (tertiary/aromatic N) is 3. The summed E-state index contributed by atoms with van der Waals surface area (Å²) in [7, 11) is 0. The minimum absolute atomic E-state index is 0.166. The van der Waals surface area contributed by atoms with E-state index in [0.29, 0.717) is 5.75 Å². The monoisotopic (exact) mass is 403 g/mol. The van der Waals surface area contributed by atoms with Crippen LogP contribution in [0.2, 0.25) is 0 Å². The summed E-state index contributed by atoms with van der Waals surface area (Å²) in [6, 6.07) is 24.9. The maximum Gasteiger partial charge on any atom is 0.232 e. The van der Waals surface area contributed by atoms with E-state index < -0.39 is 0 Å². The van der Waals surface area contributed by atoms with E-state index in [1.54, 1.807) is 11.8 Å². The van der Waals surface area contributed by atoms with Crippen molar-refractivity contribution < 1.29 is 4.79 Å². The number of pyridine rings is 1. The molecule has 4 rings (SSSR count). The van der Waals surface area contributed by atoms with Crippen LogP contribution in [0, 0.1) is 0 Å². The number of hydrogen-bond donors (Lipinski definition) is 0. The first kappa shape index (κ1) is 19.5. The third-order valence-corrected chi connectivity index (χ3v) is 6.53. The highest BCUT2D eigenvalue weighted by atomic mass is 32.2. The molecule has 1 saturated heterocycles. The molecular weight excluding hydrogens is 378 g/mol. The van der Waals surface area contributed by atoms with Crippen molar-refractivity contribution in [3.63, 3.8) is 0 Å². The van der Waals surface area contributed by atoms with E-state index in [4.69, 9.17) is 0 Å². The minimum Gasteiger partial charge on any atom is -0.368 e. The van der Waals surface area contributed by atoms with Gasteiger partial charge in [0.2, 0.25) is 5.91 Å². The molecule has 2 heterocycles. The normalized spacial score (nSPS) is 14.2. The van der Waals surface area contributed by atoms with Crippen molar-refractivity contribution in [1.29, 1.82) is 0 Å². The number of hydrogen-bond acceptors (Lipinski definition) is 4. The Balaban J connectivity index is 1.36. The molecule has 0 aliphatic carbocycles. The molecule has 0 unspecified atom stereocenters. The highest BCUT2D eigenvalue weighted by Crippen LogP contribution is 2.35. The number of aromatic nitrogens is 1. The molecular formula is C24H25N3OS. The molecule has 148 valence electrons. The SMILES string of the molecule is O=C(CSC(c1ccccc1)c1ccccc1)N1CCN(c2ccncc2)CC1. The fraction of sp³-hybridized carbons (Fsp3) is 0.250. The number of thioether (sulfide) groups is 1. The third kappa shape index (κ3) is 4.98. The quantitative estimate of drug-likeness (QED) is 0.616. The summed E-state index contributed by atoms with van der Waals surface area (Å²) in [6.07, 6.45) is 3.63. The van der Waals surface area contributed by atoms with Gasteiger partial charge in [-0.1, -0.05) is 60.7 Å². The highest BCUT2D eigenvalue weighted by Gasteiger charge is 2.23. The zero-order valence-corrected chi connectivity index (χ0v) is 17.2. The molecule has 29 heavy (non-hydrogen) atoms. The number of rotatable bonds is 6. The maximum atomic E-state index is 12.9. The van der Waals surface area contributed by atoms with Gasteiger partial charge in [0.05, 0.1) is 11.0 Å². The molecule has 4 nitrogen and oxygen atoms in total. The van der Waals surface area contributed by atoms with Gasteiger partial charge in [-0.05, 0) is 23.3 Å². The summed E-state index contributed by atoms with van der Waals surface area (Å²) >= 11 is 1.71. The lowest BCUT2D eigenvalue weighted by atomic mass is 10.0.